The minimum absolute atomic E-state index is 0.892. The lowest BCUT2D eigenvalue weighted by atomic mass is 9.85. The number of hydrogen-bond donors (Lipinski definition) is 0. The molecule has 0 N–H and O–H groups in total. The van der Waals surface area contributed by atoms with Gasteiger partial charge in [-0.3, -0.25) is 0 Å². The van der Waals surface area contributed by atoms with Crippen molar-refractivity contribution in [3.05, 3.63) is 255 Å². The zero-order valence-electron chi connectivity index (χ0n) is 35.2. The maximum Gasteiger partial charge on any atom is 0.179 e. The number of para-hydroxylation sites is 1. The van der Waals surface area contributed by atoms with Crippen molar-refractivity contribution in [2.45, 2.75) is 0 Å². The van der Waals surface area contributed by atoms with E-state index in [0.717, 1.165) is 38.6 Å². The van der Waals surface area contributed by atoms with Gasteiger partial charge >= 0.3 is 0 Å². The molecule has 1 aromatic heterocycles. The molecule has 64 heavy (non-hydrogen) atoms. The molecule has 12 rings (SSSR count). The van der Waals surface area contributed by atoms with Crippen LogP contribution in [0, 0.1) is 0 Å². The first-order valence-electron chi connectivity index (χ1n) is 22.1. The zero-order chi connectivity index (χ0) is 42.5. The van der Waals surface area contributed by atoms with Crippen molar-refractivity contribution in [1.29, 1.82) is 0 Å². The van der Waals surface area contributed by atoms with Crippen molar-refractivity contribution in [3.8, 4) is 44.5 Å². The van der Waals surface area contributed by atoms with Crippen molar-refractivity contribution in [3.63, 3.8) is 0 Å². The van der Waals surface area contributed by atoms with Crippen LogP contribution in [0.3, 0.4) is 0 Å². The lowest BCUT2D eigenvalue weighted by molar-refractivity contribution is 0.670. The van der Waals surface area contributed by atoms with Gasteiger partial charge < -0.3 is 4.42 Å². The highest BCUT2D eigenvalue weighted by molar-refractivity contribution is 7.19. The van der Waals surface area contributed by atoms with Gasteiger partial charge in [0.15, 0.2) is 8.07 Å². The fourth-order valence-electron chi connectivity index (χ4n) is 10.4. The van der Waals surface area contributed by atoms with Crippen LogP contribution < -0.4 is 20.7 Å². The summed E-state index contributed by atoms with van der Waals surface area (Å²) in [7, 11) is -2.66. The van der Waals surface area contributed by atoms with Crippen LogP contribution in [0.5, 0.6) is 0 Å². The van der Waals surface area contributed by atoms with Crippen LogP contribution in [-0.4, -0.2) is 8.07 Å². The summed E-state index contributed by atoms with van der Waals surface area (Å²) in [4.78, 5) is 0. The topological polar surface area (TPSA) is 13.1 Å². The lowest BCUT2D eigenvalue weighted by Gasteiger charge is -2.34. The molecule has 0 spiro atoms. The third kappa shape index (κ3) is 6.14. The summed E-state index contributed by atoms with van der Waals surface area (Å²) in [6, 6.07) is 93.5. The van der Waals surface area contributed by atoms with E-state index in [1.807, 2.05) is 0 Å². The smallest absolute Gasteiger partial charge is 0.179 e. The fraction of sp³-hybridized carbons (Fsp3) is 0. The number of hydrogen-bond acceptors (Lipinski definition) is 1. The maximum atomic E-state index is 6.73. The van der Waals surface area contributed by atoms with Crippen molar-refractivity contribution in [2.75, 3.05) is 0 Å². The van der Waals surface area contributed by atoms with Crippen LogP contribution >= 0.6 is 0 Å². The molecule has 0 amide bonds. The summed E-state index contributed by atoms with van der Waals surface area (Å²) in [6.45, 7) is 0. The molecular weight excluding hydrogens is 789 g/mol. The predicted octanol–water partition coefficient (Wildman–Crippen LogP) is 13.9. The quantitative estimate of drug-likeness (QED) is 0.0845. The van der Waals surface area contributed by atoms with Gasteiger partial charge in [0, 0.05) is 16.3 Å². The molecular formula is C62H42OSi. The van der Waals surface area contributed by atoms with Crippen LogP contribution in [0.2, 0.25) is 0 Å². The first-order chi connectivity index (χ1) is 31.8. The van der Waals surface area contributed by atoms with E-state index in [4.69, 9.17) is 4.42 Å². The average Bonchev–Trinajstić information content (AvgIpc) is 3.76. The highest BCUT2D eigenvalue weighted by Crippen LogP contribution is 2.45. The SMILES string of the molecule is c1ccc(-c2c3ccccc3c(-c3ccc(-c4cc(-c5ccc([Si](c6ccccc6)(c6ccccc6)c6ccccc6)cc5)cc5c4oc4ccccc45)cc3)c3ccccc23)cc1. The van der Waals surface area contributed by atoms with Crippen LogP contribution in [0.15, 0.2) is 259 Å². The van der Waals surface area contributed by atoms with Gasteiger partial charge in [-0.15, -0.1) is 0 Å². The first kappa shape index (κ1) is 37.7. The van der Waals surface area contributed by atoms with E-state index in [0.29, 0.717) is 0 Å². The molecule has 0 saturated heterocycles. The Morgan fingerprint density at radius 3 is 1.12 bits per heavy atom. The Morgan fingerprint density at radius 2 is 0.625 bits per heavy atom. The molecule has 0 fully saturated rings. The van der Waals surface area contributed by atoms with E-state index < -0.39 is 8.07 Å². The van der Waals surface area contributed by atoms with Gasteiger partial charge in [-0.25, -0.2) is 0 Å². The highest BCUT2D eigenvalue weighted by atomic mass is 28.3. The molecule has 12 aromatic rings. The molecule has 0 bridgehead atoms. The van der Waals surface area contributed by atoms with E-state index in [1.54, 1.807) is 0 Å². The van der Waals surface area contributed by atoms with E-state index in [9.17, 15) is 0 Å². The van der Waals surface area contributed by atoms with Crippen molar-refractivity contribution in [2.24, 2.45) is 0 Å². The minimum atomic E-state index is -2.66. The number of benzene rings is 11. The second kappa shape index (κ2) is 15.7. The molecule has 1 nitrogen and oxygen atoms in total. The molecule has 0 radical (unpaired) electrons. The van der Waals surface area contributed by atoms with Crippen LogP contribution in [0.4, 0.5) is 0 Å². The Bertz CT molecular complexity index is 3460. The van der Waals surface area contributed by atoms with Gasteiger partial charge in [-0.05, 0) is 99.4 Å². The van der Waals surface area contributed by atoms with Gasteiger partial charge in [0.1, 0.15) is 11.2 Å². The number of furan rings is 1. The van der Waals surface area contributed by atoms with Gasteiger partial charge in [0.05, 0.1) is 0 Å². The monoisotopic (exact) mass is 830 g/mol. The first-order valence-corrected chi connectivity index (χ1v) is 24.1. The Kier molecular flexibility index (Phi) is 9.25. The molecule has 0 aliphatic rings. The van der Waals surface area contributed by atoms with E-state index in [2.05, 4.69) is 255 Å². The highest BCUT2D eigenvalue weighted by Gasteiger charge is 2.41. The summed E-state index contributed by atoms with van der Waals surface area (Å²) >= 11 is 0. The van der Waals surface area contributed by atoms with E-state index >= 15 is 0 Å². The number of fused-ring (bicyclic) bond motifs is 5. The summed E-state index contributed by atoms with van der Waals surface area (Å²) in [5, 5.41) is 12.7. The summed E-state index contributed by atoms with van der Waals surface area (Å²) in [6.07, 6.45) is 0. The molecule has 0 aliphatic heterocycles. The van der Waals surface area contributed by atoms with Gasteiger partial charge in [0.25, 0.3) is 0 Å². The van der Waals surface area contributed by atoms with Crippen LogP contribution in [-0.2, 0) is 0 Å². The summed E-state index contributed by atoms with van der Waals surface area (Å²) in [5.74, 6) is 0. The van der Waals surface area contributed by atoms with Gasteiger partial charge in [0.2, 0.25) is 0 Å². The minimum Gasteiger partial charge on any atom is -0.455 e. The molecule has 0 atom stereocenters. The van der Waals surface area contributed by atoms with Crippen molar-refractivity contribution < 1.29 is 4.42 Å². The Hall–Kier alpha value is -8.04. The third-order valence-electron chi connectivity index (χ3n) is 13.2. The predicted molar refractivity (Wildman–Crippen MR) is 274 cm³/mol. The summed E-state index contributed by atoms with van der Waals surface area (Å²) in [5.41, 5.74) is 11.3. The lowest BCUT2D eigenvalue weighted by Crippen LogP contribution is -2.74. The largest absolute Gasteiger partial charge is 0.455 e. The van der Waals surface area contributed by atoms with Gasteiger partial charge in [-0.2, -0.15) is 0 Å². The molecule has 11 aromatic carbocycles. The van der Waals surface area contributed by atoms with Crippen LogP contribution in [0.25, 0.3) is 88.0 Å². The van der Waals surface area contributed by atoms with E-state index in [1.165, 1.54) is 70.1 Å². The molecule has 0 saturated carbocycles. The number of rotatable bonds is 8. The second-order valence-electron chi connectivity index (χ2n) is 16.7. The molecule has 2 heteroatoms. The van der Waals surface area contributed by atoms with Crippen molar-refractivity contribution in [1.82, 2.24) is 0 Å². The Balaban J connectivity index is 1.01. The van der Waals surface area contributed by atoms with Gasteiger partial charge in [-0.1, -0.05) is 237 Å². The van der Waals surface area contributed by atoms with Crippen LogP contribution in [0.1, 0.15) is 0 Å². The average molecular weight is 831 g/mol. The zero-order valence-corrected chi connectivity index (χ0v) is 36.2. The maximum absolute atomic E-state index is 6.73. The fourth-order valence-corrected chi connectivity index (χ4v) is 15.1. The molecule has 0 aliphatic carbocycles. The van der Waals surface area contributed by atoms with Crippen molar-refractivity contribution >= 4 is 72.3 Å². The second-order valence-corrected chi connectivity index (χ2v) is 20.5. The Morgan fingerprint density at radius 1 is 0.250 bits per heavy atom. The normalized spacial score (nSPS) is 11.8. The summed E-state index contributed by atoms with van der Waals surface area (Å²) < 4.78 is 6.73. The molecule has 300 valence electrons. The van der Waals surface area contributed by atoms with E-state index in [-0.39, 0.29) is 0 Å². The molecule has 0 unspecified atom stereocenters. The third-order valence-corrected chi connectivity index (χ3v) is 18.0. The molecule has 1 heterocycles. The Labute approximate surface area is 374 Å². The standard InChI is InChI=1S/C62H42OSi/c1-5-19-45(20-6-1)60-53-28-13-15-30-55(53)61(56-31-16-14-29-54(56)60)46-35-33-44(34-36-46)57-41-47(42-58-52-27-17-18-32-59(52)63-62(57)58)43-37-39-51(40-38-43)64(48-21-7-2-8-22-48,49-23-9-3-10-24-49)50-25-11-4-12-26-50/h1-42H.